The largest absolute Gasteiger partial charge is 0.481 e. The van der Waals surface area contributed by atoms with E-state index >= 15 is 0 Å². The highest BCUT2D eigenvalue weighted by Crippen LogP contribution is 2.20. The Bertz CT molecular complexity index is 375. The number of ether oxygens (including phenoxy) is 1. The summed E-state index contributed by atoms with van der Waals surface area (Å²) in [5.74, 6) is -1.21. The molecule has 2 aliphatic heterocycles. The van der Waals surface area contributed by atoms with Gasteiger partial charge in [-0.1, -0.05) is 6.92 Å². The standard InChI is InChI=1S/C15H26N2O4/c1-2-9-21-13-6-4-8-17(11-13)15(20)16-7-3-5-12(10-16)14(18)19/h12-13H,2-11H2,1H3,(H,18,19)/t12-,13?/m0/s1. The summed E-state index contributed by atoms with van der Waals surface area (Å²) in [6.07, 6.45) is 4.50. The summed E-state index contributed by atoms with van der Waals surface area (Å²) in [6.45, 7) is 5.19. The number of likely N-dealkylation sites (tertiary alicyclic amines) is 2. The molecule has 0 aromatic rings. The van der Waals surface area contributed by atoms with Crippen LogP contribution in [0.4, 0.5) is 4.79 Å². The molecular weight excluding hydrogens is 272 g/mol. The van der Waals surface area contributed by atoms with Crippen molar-refractivity contribution in [3.8, 4) is 0 Å². The Labute approximate surface area is 126 Å². The molecule has 2 saturated heterocycles. The number of carbonyl (C=O) groups excluding carboxylic acids is 1. The lowest BCUT2D eigenvalue weighted by Crippen LogP contribution is -2.52. The molecule has 0 radical (unpaired) electrons. The monoisotopic (exact) mass is 298 g/mol. The minimum absolute atomic E-state index is 0.0225. The van der Waals surface area contributed by atoms with Crippen molar-refractivity contribution in [3.05, 3.63) is 0 Å². The Kier molecular flexibility index (Phi) is 5.85. The lowest BCUT2D eigenvalue weighted by molar-refractivity contribution is -0.143. The van der Waals surface area contributed by atoms with E-state index in [9.17, 15) is 9.59 Å². The van der Waals surface area contributed by atoms with Crippen LogP contribution in [-0.4, -0.2) is 65.8 Å². The molecular formula is C15H26N2O4. The third kappa shape index (κ3) is 4.33. The van der Waals surface area contributed by atoms with Crippen molar-refractivity contribution in [1.82, 2.24) is 9.80 Å². The molecule has 0 aromatic heterocycles. The fourth-order valence-corrected chi connectivity index (χ4v) is 3.08. The molecule has 0 aliphatic carbocycles. The van der Waals surface area contributed by atoms with Crippen molar-refractivity contribution in [2.45, 2.75) is 45.1 Å². The van der Waals surface area contributed by atoms with Crippen LogP contribution in [0.15, 0.2) is 0 Å². The number of hydrogen-bond acceptors (Lipinski definition) is 3. The second kappa shape index (κ2) is 7.64. The van der Waals surface area contributed by atoms with Crippen LogP contribution < -0.4 is 0 Å². The Hall–Kier alpha value is -1.30. The van der Waals surface area contributed by atoms with E-state index in [4.69, 9.17) is 9.84 Å². The van der Waals surface area contributed by atoms with Crippen LogP contribution in [0.1, 0.15) is 39.0 Å². The molecule has 21 heavy (non-hydrogen) atoms. The van der Waals surface area contributed by atoms with Gasteiger partial charge in [-0.2, -0.15) is 0 Å². The van der Waals surface area contributed by atoms with Crippen LogP contribution in [0.2, 0.25) is 0 Å². The Morgan fingerprint density at radius 1 is 1.14 bits per heavy atom. The van der Waals surface area contributed by atoms with Crippen molar-refractivity contribution >= 4 is 12.0 Å². The van der Waals surface area contributed by atoms with Crippen molar-refractivity contribution in [2.24, 2.45) is 5.92 Å². The highest BCUT2D eigenvalue weighted by molar-refractivity contribution is 5.76. The number of carbonyl (C=O) groups is 2. The molecule has 0 aromatic carbocycles. The second-order valence-corrected chi connectivity index (χ2v) is 5.99. The third-order valence-electron chi connectivity index (χ3n) is 4.25. The molecule has 1 unspecified atom stereocenters. The van der Waals surface area contributed by atoms with Crippen LogP contribution in [0.25, 0.3) is 0 Å². The summed E-state index contributed by atoms with van der Waals surface area (Å²) < 4.78 is 5.75. The predicted molar refractivity (Wildman–Crippen MR) is 78.2 cm³/mol. The van der Waals surface area contributed by atoms with Crippen LogP contribution >= 0.6 is 0 Å². The normalized spacial score (nSPS) is 26.7. The number of hydrogen-bond donors (Lipinski definition) is 1. The van der Waals surface area contributed by atoms with Crippen molar-refractivity contribution in [2.75, 3.05) is 32.8 Å². The zero-order valence-corrected chi connectivity index (χ0v) is 12.8. The first-order valence-electron chi connectivity index (χ1n) is 8.00. The van der Waals surface area contributed by atoms with Gasteiger partial charge < -0.3 is 19.6 Å². The fourth-order valence-electron chi connectivity index (χ4n) is 3.08. The Morgan fingerprint density at radius 2 is 1.81 bits per heavy atom. The molecule has 0 saturated carbocycles. The van der Waals surface area contributed by atoms with Crippen LogP contribution in [0, 0.1) is 5.92 Å². The van der Waals surface area contributed by atoms with E-state index in [0.29, 0.717) is 26.1 Å². The summed E-state index contributed by atoms with van der Waals surface area (Å²) >= 11 is 0. The van der Waals surface area contributed by atoms with E-state index in [1.54, 1.807) is 4.90 Å². The number of piperidine rings is 2. The topological polar surface area (TPSA) is 70.1 Å². The first kappa shape index (κ1) is 16.1. The number of urea groups is 1. The predicted octanol–water partition coefficient (Wildman–Crippen LogP) is 1.79. The highest BCUT2D eigenvalue weighted by atomic mass is 16.5. The molecule has 2 rings (SSSR count). The molecule has 2 atom stereocenters. The lowest BCUT2D eigenvalue weighted by Gasteiger charge is -2.38. The SMILES string of the molecule is CCCOC1CCCN(C(=O)N2CCC[C@H](C(=O)O)C2)C1. The van der Waals surface area contributed by atoms with Gasteiger partial charge in [0.25, 0.3) is 0 Å². The van der Waals surface area contributed by atoms with Gasteiger partial charge in [0.1, 0.15) is 0 Å². The van der Waals surface area contributed by atoms with E-state index in [-0.39, 0.29) is 12.1 Å². The maximum absolute atomic E-state index is 12.5. The third-order valence-corrected chi connectivity index (χ3v) is 4.25. The Balaban J connectivity index is 1.88. The minimum Gasteiger partial charge on any atom is -0.481 e. The van der Waals surface area contributed by atoms with Gasteiger partial charge in [-0.15, -0.1) is 0 Å². The van der Waals surface area contributed by atoms with Gasteiger partial charge in [-0.25, -0.2) is 4.79 Å². The zero-order valence-electron chi connectivity index (χ0n) is 12.8. The minimum atomic E-state index is -0.796. The van der Waals surface area contributed by atoms with E-state index in [0.717, 1.165) is 38.8 Å². The first-order chi connectivity index (χ1) is 10.1. The number of carboxylic acids is 1. The molecule has 1 N–H and O–H groups in total. The lowest BCUT2D eigenvalue weighted by atomic mass is 9.98. The number of nitrogens with zero attached hydrogens (tertiary/aromatic N) is 2. The van der Waals surface area contributed by atoms with Crippen molar-refractivity contribution in [1.29, 1.82) is 0 Å². The van der Waals surface area contributed by atoms with E-state index in [2.05, 4.69) is 6.92 Å². The quantitative estimate of drug-likeness (QED) is 0.859. The van der Waals surface area contributed by atoms with Gasteiger partial charge in [0.15, 0.2) is 0 Å². The maximum Gasteiger partial charge on any atom is 0.320 e. The van der Waals surface area contributed by atoms with Crippen LogP contribution in [-0.2, 0) is 9.53 Å². The molecule has 2 aliphatic rings. The van der Waals surface area contributed by atoms with Gasteiger partial charge in [0, 0.05) is 32.8 Å². The number of amides is 2. The van der Waals surface area contributed by atoms with Crippen LogP contribution in [0.5, 0.6) is 0 Å². The summed E-state index contributed by atoms with van der Waals surface area (Å²) in [5.41, 5.74) is 0. The van der Waals surface area contributed by atoms with E-state index < -0.39 is 11.9 Å². The summed E-state index contributed by atoms with van der Waals surface area (Å²) in [5, 5.41) is 9.12. The van der Waals surface area contributed by atoms with Crippen LogP contribution in [0.3, 0.4) is 0 Å². The molecule has 6 nitrogen and oxygen atoms in total. The van der Waals surface area contributed by atoms with Gasteiger partial charge in [0.05, 0.1) is 12.0 Å². The molecule has 120 valence electrons. The van der Waals surface area contributed by atoms with Crippen molar-refractivity contribution in [3.63, 3.8) is 0 Å². The van der Waals surface area contributed by atoms with Gasteiger partial charge in [-0.05, 0) is 32.1 Å². The van der Waals surface area contributed by atoms with E-state index in [1.807, 2.05) is 4.90 Å². The zero-order chi connectivity index (χ0) is 15.2. The van der Waals surface area contributed by atoms with E-state index in [1.165, 1.54) is 0 Å². The molecule has 6 heteroatoms. The number of rotatable bonds is 4. The highest BCUT2D eigenvalue weighted by Gasteiger charge is 2.32. The van der Waals surface area contributed by atoms with Gasteiger partial charge >= 0.3 is 12.0 Å². The first-order valence-corrected chi connectivity index (χ1v) is 8.00. The van der Waals surface area contributed by atoms with Gasteiger partial charge in [0.2, 0.25) is 0 Å². The smallest absolute Gasteiger partial charge is 0.320 e. The molecule has 2 amide bonds. The number of carboxylic acid groups (broad SMARTS) is 1. The molecule has 2 fully saturated rings. The maximum atomic E-state index is 12.5. The summed E-state index contributed by atoms with van der Waals surface area (Å²) in [4.78, 5) is 27.2. The van der Waals surface area contributed by atoms with Crippen molar-refractivity contribution < 1.29 is 19.4 Å². The summed E-state index contributed by atoms with van der Waals surface area (Å²) in [7, 11) is 0. The second-order valence-electron chi connectivity index (χ2n) is 5.99. The summed E-state index contributed by atoms with van der Waals surface area (Å²) in [6, 6.07) is -0.0225. The molecule has 2 heterocycles. The fraction of sp³-hybridized carbons (Fsp3) is 0.867. The molecule has 0 bridgehead atoms. The Morgan fingerprint density at radius 3 is 2.48 bits per heavy atom. The molecule has 0 spiro atoms. The average Bonchev–Trinajstić information content (AvgIpc) is 2.52. The van der Waals surface area contributed by atoms with Gasteiger partial charge in [-0.3, -0.25) is 4.79 Å². The number of aliphatic carboxylic acids is 1. The average molecular weight is 298 g/mol.